The van der Waals surface area contributed by atoms with Crippen molar-refractivity contribution in [2.75, 3.05) is 0 Å². The van der Waals surface area contributed by atoms with Crippen LogP contribution in [0.25, 0.3) is 34.0 Å². The summed E-state index contributed by atoms with van der Waals surface area (Å²) in [6, 6.07) is 11.4. The number of hydrogen-bond acceptors (Lipinski definition) is 7. The quantitative estimate of drug-likeness (QED) is 0.324. The van der Waals surface area contributed by atoms with Crippen LogP contribution in [0, 0.1) is 6.92 Å². The first-order chi connectivity index (χ1) is 15.6. The summed E-state index contributed by atoms with van der Waals surface area (Å²) in [5.74, 6) is 1.75. The molecule has 4 heterocycles. The number of hydrogen-bond donors (Lipinski definition) is 0. The Kier molecular flexibility index (Phi) is 5.24. The summed E-state index contributed by atoms with van der Waals surface area (Å²) in [4.78, 5) is 13.2. The molecule has 4 aromatic heterocycles. The second-order valence-electron chi connectivity index (χ2n) is 7.18. The minimum atomic E-state index is 0.351. The van der Waals surface area contributed by atoms with Crippen molar-refractivity contribution < 1.29 is 9.26 Å². The Balaban J connectivity index is 1.47. The van der Waals surface area contributed by atoms with Crippen molar-refractivity contribution in [2.24, 2.45) is 7.05 Å². The fourth-order valence-corrected chi connectivity index (χ4v) is 3.74. The molecular weight excluding hydrogens is 472 g/mol. The average molecular weight is 489 g/mol. The van der Waals surface area contributed by atoms with Gasteiger partial charge in [-0.3, -0.25) is 9.67 Å². The molecule has 0 saturated heterocycles. The van der Waals surface area contributed by atoms with E-state index in [1.54, 1.807) is 35.5 Å². The average Bonchev–Trinajstić information content (AvgIpc) is 3.46. The van der Waals surface area contributed by atoms with Gasteiger partial charge in [0.15, 0.2) is 0 Å². The molecule has 0 spiro atoms. The molecule has 5 rings (SSSR count). The molecule has 9 heteroatoms. The first-order valence-electron chi connectivity index (χ1n) is 9.74. The third-order valence-electron chi connectivity index (χ3n) is 4.76. The molecule has 0 radical (unpaired) electrons. The molecule has 158 valence electrons. The van der Waals surface area contributed by atoms with E-state index in [4.69, 9.17) is 9.26 Å². The van der Waals surface area contributed by atoms with Crippen LogP contribution in [0.3, 0.4) is 0 Å². The summed E-state index contributed by atoms with van der Waals surface area (Å²) in [5.41, 5.74) is 4.30. The van der Waals surface area contributed by atoms with Crippen molar-refractivity contribution in [3.05, 3.63) is 77.4 Å². The van der Waals surface area contributed by atoms with Crippen molar-refractivity contribution in [1.29, 1.82) is 0 Å². The topological polar surface area (TPSA) is 91.8 Å². The van der Waals surface area contributed by atoms with Crippen LogP contribution in [0.2, 0.25) is 0 Å². The number of benzene rings is 1. The SMILES string of the molecule is Cc1ccc(Oc2ncccc2-c2noc(-c3cncc(-c4cnn(C)c4)c3)n2)c(Br)c1. The molecule has 0 bridgehead atoms. The van der Waals surface area contributed by atoms with Gasteiger partial charge in [-0.15, -0.1) is 0 Å². The van der Waals surface area contributed by atoms with E-state index in [1.165, 1.54) is 0 Å². The lowest BCUT2D eigenvalue weighted by atomic mass is 10.1. The van der Waals surface area contributed by atoms with E-state index < -0.39 is 0 Å². The van der Waals surface area contributed by atoms with Crippen molar-refractivity contribution in [2.45, 2.75) is 6.92 Å². The van der Waals surface area contributed by atoms with Crippen LogP contribution in [0.15, 0.2) is 76.4 Å². The van der Waals surface area contributed by atoms with E-state index >= 15 is 0 Å². The summed E-state index contributed by atoms with van der Waals surface area (Å²) in [5, 5.41) is 8.35. The molecule has 0 fully saturated rings. The lowest BCUT2D eigenvalue weighted by Crippen LogP contribution is -1.93. The minimum Gasteiger partial charge on any atom is -0.437 e. The predicted molar refractivity (Wildman–Crippen MR) is 122 cm³/mol. The fraction of sp³-hybridized carbons (Fsp3) is 0.0870. The number of rotatable bonds is 5. The first kappa shape index (κ1) is 20.1. The van der Waals surface area contributed by atoms with Crippen molar-refractivity contribution in [3.63, 3.8) is 0 Å². The third-order valence-corrected chi connectivity index (χ3v) is 5.38. The molecule has 8 nitrogen and oxygen atoms in total. The second-order valence-corrected chi connectivity index (χ2v) is 8.03. The number of aryl methyl sites for hydroxylation is 2. The molecule has 5 aromatic rings. The molecule has 0 aliphatic rings. The summed E-state index contributed by atoms with van der Waals surface area (Å²) < 4.78 is 14.1. The zero-order valence-corrected chi connectivity index (χ0v) is 18.8. The Bertz CT molecular complexity index is 1410. The highest BCUT2D eigenvalue weighted by Gasteiger charge is 2.17. The number of nitrogens with zero attached hydrogens (tertiary/aromatic N) is 6. The summed E-state index contributed by atoms with van der Waals surface area (Å²) in [6.07, 6.45) is 8.81. The van der Waals surface area contributed by atoms with Crippen molar-refractivity contribution in [3.8, 4) is 45.6 Å². The van der Waals surface area contributed by atoms with E-state index in [2.05, 4.69) is 41.1 Å². The zero-order valence-electron chi connectivity index (χ0n) is 17.2. The molecule has 0 saturated carbocycles. The van der Waals surface area contributed by atoms with Crippen molar-refractivity contribution >= 4 is 15.9 Å². The predicted octanol–water partition coefficient (Wildman–Crippen LogP) is 5.46. The maximum Gasteiger partial charge on any atom is 0.259 e. The first-order valence-corrected chi connectivity index (χ1v) is 10.5. The van der Waals surface area contributed by atoms with Crippen LogP contribution in [-0.2, 0) is 7.05 Å². The monoisotopic (exact) mass is 488 g/mol. The van der Waals surface area contributed by atoms with Gasteiger partial charge in [0, 0.05) is 43.0 Å². The number of aromatic nitrogens is 6. The summed E-state index contributed by atoms with van der Waals surface area (Å²) in [7, 11) is 1.87. The van der Waals surface area contributed by atoms with E-state index in [-0.39, 0.29) is 0 Å². The van der Waals surface area contributed by atoms with Crippen LogP contribution < -0.4 is 4.74 Å². The van der Waals surface area contributed by atoms with Crippen LogP contribution in [0.1, 0.15) is 5.56 Å². The lowest BCUT2D eigenvalue weighted by molar-refractivity contribution is 0.430. The van der Waals surface area contributed by atoms with Crippen LogP contribution >= 0.6 is 15.9 Å². The van der Waals surface area contributed by atoms with Gasteiger partial charge in [-0.05, 0) is 58.7 Å². The van der Waals surface area contributed by atoms with E-state index in [9.17, 15) is 0 Å². The highest BCUT2D eigenvalue weighted by Crippen LogP contribution is 2.35. The summed E-state index contributed by atoms with van der Waals surface area (Å²) in [6.45, 7) is 2.01. The molecular formula is C23H17BrN6O2. The van der Waals surface area contributed by atoms with E-state index in [0.29, 0.717) is 34.5 Å². The molecule has 0 amide bonds. The van der Waals surface area contributed by atoms with E-state index in [1.807, 2.05) is 50.5 Å². The number of ether oxygens (including phenoxy) is 1. The van der Waals surface area contributed by atoms with Crippen molar-refractivity contribution in [1.82, 2.24) is 29.9 Å². The Morgan fingerprint density at radius 2 is 1.91 bits per heavy atom. The molecule has 0 unspecified atom stereocenters. The molecule has 1 aromatic carbocycles. The fourth-order valence-electron chi connectivity index (χ4n) is 3.17. The maximum atomic E-state index is 6.04. The Labute approximate surface area is 192 Å². The second kappa shape index (κ2) is 8.35. The third kappa shape index (κ3) is 4.02. The minimum absolute atomic E-state index is 0.351. The zero-order chi connectivity index (χ0) is 22.1. The van der Waals surface area contributed by atoms with Gasteiger partial charge in [0.2, 0.25) is 11.7 Å². The van der Waals surface area contributed by atoms with Gasteiger partial charge in [0.25, 0.3) is 5.89 Å². The highest BCUT2D eigenvalue weighted by atomic mass is 79.9. The van der Waals surface area contributed by atoms with Crippen LogP contribution in [-0.4, -0.2) is 29.9 Å². The lowest BCUT2D eigenvalue weighted by Gasteiger charge is -2.09. The van der Waals surface area contributed by atoms with Gasteiger partial charge in [0.05, 0.1) is 21.8 Å². The van der Waals surface area contributed by atoms with Gasteiger partial charge < -0.3 is 9.26 Å². The highest BCUT2D eigenvalue weighted by molar-refractivity contribution is 9.10. The largest absolute Gasteiger partial charge is 0.437 e. The van der Waals surface area contributed by atoms with Gasteiger partial charge in [-0.1, -0.05) is 11.2 Å². The molecule has 32 heavy (non-hydrogen) atoms. The van der Waals surface area contributed by atoms with Gasteiger partial charge in [0.1, 0.15) is 5.75 Å². The Morgan fingerprint density at radius 1 is 1.03 bits per heavy atom. The number of halogens is 1. The van der Waals surface area contributed by atoms with Gasteiger partial charge in [-0.2, -0.15) is 10.1 Å². The molecule has 0 aliphatic heterocycles. The molecule has 0 atom stereocenters. The maximum absolute atomic E-state index is 6.04. The van der Waals surface area contributed by atoms with Gasteiger partial charge in [-0.25, -0.2) is 4.98 Å². The normalized spacial score (nSPS) is 11.0. The summed E-state index contributed by atoms with van der Waals surface area (Å²) >= 11 is 3.53. The smallest absolute Gasteiger partial charge is 0.259 e. The van der Waals surface area contributed by atoms with E-state index in [0.717, 1.165) is 21.2 Å². The van der Waals surface area contributed by atoms with Crippen LogP contribution in [0.4, 0.5) is 0 Å². The Morgan fingerprint density at radius 3 is 2.72 bits per heavy atom. The van der Waals surface area contributed by atoms with Gasteiger partial charge >= 0.3 is 0 Å². The standard InChI is InChI=1S/C23H17BrN6O2/c1-14-5-6-20(19(24)8-14)31-23-18(4-3-7-26-23)21-28-22(32-29-21)16-9-15(10-25-11-16)17-12-27-30(2)13-17/h3-13H,1-2H3. The molecule has 0 aliphatic carbocycles. The van der Waals surface area contributed by atoms with Crippen LogP contribution in [0.5, 0.6) is 11.6 Å². The molecule has 0 N–H and O–H groups in total. The Hall–Kier alpha value is -3.85. The number of pyridine rings is 2.